The summed E-state index contributed by atoms with van der Waals surface area (Å²) in [6.07, 6.45) is 2.75. The Morgan fingerprint density at radius 3 is 2.74 bits per heavy atom. The van der Waals surface area contributed by atoms with Crippen LogP contribution in [-0.4, -0.2) is 31.1 Å². The lowest BCUT2D eigenvalue weighted by Gasteiger charge is -2.20. The summed E-state index contributed by atoms with van der Waals surface area (Å²) < 4.78 is 0. The highest BCUT2D eigenvalue weighted by Crippen LogP contribution is 2.16. The molecule has 1 saturated heterocycles. The summed E-state index contributed by atoms with van der Waals surface area (Å²) in [5.41, 5.74) is 2.41. The van der Waals surface area contributed by atoms with E-state index in [0.717, 1.165) is 23.7 Å². The largest absolute Gasteiger partial charge is 0.312 e. The first-order valence-electron chi connectivity index (χ1n) is 7.33. The Bertz CT molecular complexity index is 400. The van der Waals surface area contributed by atoms with E-state index in [1.807, 2.05) is 6.92 Å². The molecule has 0 aromatic heterocycles. The number of hydrogen-bond donors (Lipinski definition) is 1. The summed E-state index contributed by atoms with van der Waals surface area (Å²) in [4.78, 5) is 2.58. The smallest absolute Gasteiger partial charge is 0.0438 e. The summed E-state index contributed by atoms with van der Waals surface area (Å²) in [6.45, 7) is 10.1. The molecule has 1 N–H and O–H groups in total. The molecule has 0 bridgehead atoms. The zero-order valence-corrected chi connectivity index (χ0v) is 12.8. The molecule has 0 spiro atoms. The number of nitrogens with one attached hydrogen (secondary N) is 1. The number of halogens is 1. The third-order valence-electron chi connectivity index (χ3n) is 3.83. The van der Waals surface area contributed by atoms with Crippen molar-refractivity contribution in [2.75, 3.05) is 26.2 Å². The van der Waals surface area contributed by atoms with Crippen LogP contribution in [0.5, 0.6) is 0 Å². The van der Waals surface area contributed by atoms with Gasteiger partial charge in [-0.15, -0.1) is 0 Å². The van der Waals surface area contributed by atoms with Crippen molar-refractivity contribution in [1.82, 2.24) is 10.2 Å². The van der Waals surface area contributed by atoms with Crippen LogP contribution in [0.2, 0.25) is 5.02 Å². The molecule has 0 aliphatic carbocycles. The summed E-state index contributed by atoms with van der Waals surface area (Å²) in [6, 6.07) is 6.31. The van der Waals surface area contributed by atoms with Gasteiger partial charge in [0, 0.05) is 18.1 Å². The Morgan fingerprint density at radius 1 is 1.32 bits per heavy atom. The lowest BCUT2D eigenvalue weighted by atomic mass is 10.1. The fourth-order valence-corrected chi connectivity index (χ4v) is 2.88. The number of hydrogen-bond acceptors (Lipinski definition) is 2. The molecule has 19 heavy (non-hydrogen) atoms. The molecule has 2 nitrogen and oxygen atoms in total. The number of aryl methyl sites for hydroxylation is 1. The molecule has 2 rings (SSSR count). The molecule has 0 radical (unpaired) electrons. The van der Waals surface area contributed by atoms with Gasteiger partial charge in [0.15, 0.2) is 0 Å². The van der Waals surface area contributed by atoms with E-state index in [9.17, 15) is 0 Å². The van der Waals surface area contributed by atoms with Crippen LogP contribution in [0.25, 0.3) is 0 Å². The molecule has 0 amide bonds. The molecule has 1 atom stereocenters. The fourth-order valence-electron chi connectivity index (χ4n) is 2.68. The van der Waals surface area contributed by atoms with Crippen molar-refractivity contribution < 1.29 is 0 Å². The fraction of sp³-hybridized carbons (Fsp3) is 0.625. The monoisotopic (exact) mass is 280 g/mol. The molecule has 0 saturated carbocycles. The highest BCUT2D eigenvalue weighted by Gasteiger charge is 2.14. The predicted octanol–water partition coefficient (Wildman–Crippen LogP) is 3.47. The maximum atomic E-state index is 6.13. The van der Waals surface area contributed by atoms with Gasteiger partial charge < -0.3 is 10.2 Å². The molecular weight excluding hydrogens is 256 g/mol. The summed E-state index contributed by atoms with van der Waals surface area (Å²) in [7, 11) is 0. The summed E-state index contributed by atoms with van der Waals surface area (Å²) >= 11 is 6.13. The van der Waals surface area contributed by atoms with Crippen molar-refractivity contribution in [2.45, 2.75) is 33.2 Å². The zero-order chi connectivity index (χ0) is 13.7. The molecule has 3 heteroatoms. The SMILES string of the molecule is Cc1ccc(CNCC(C)CN2CCCC2)cc1Cl. The van der Waals surface area contributed by atoms with Gasteiger partial charge in [-0.25, -0.2) is 0 Å². The van der Waals surface area contributed by atoms with Gasteiger partial charge in [0.2, 0.25) is 0 Å². The maximum absolute atomic E-state index is 6.13. The first-order chi connectivity index (χ1) is 9.15. The number of nitrogens with zero attached hydrogens (tertiary/aromatic N) is 1. The van der Waals surface area contributed by atoms with Crippen LogP contribution in [0.3, 0.4) is 0 Å². The van der Waals surface area contributed by atoms with E-state index in [0.29, 0.717) is 5.92 Å². The van der Waals surface area contributed by atoms with Gasteiger partial charge in [-0.05, 0) is 62.5 Å². The van der Waals surface area contributed by atoms with Crippen molar-refractivity contribution >= 4 is 11.6 Å². The van der Waals surface area contributed by atoms with Gasteiger partial charge in [0.1, 0.15) is 0 Å². The maximum Gasteiger partial charge on any atom is 0.0438 e. The highest BCUT2D eigenvalue weighted by atomic mass is 35.5. The van der Waals surface area contributed by atoms with E-state index < -0.39 is 0 Å². The van der Waals surface area contributed by atoms with Crippen LogP contribution in [0.15, 0.2) is 18.2 Å². The molecule has 1 aromatic carbocycles. The van der Waals surface area contributed by atoms with Crippen molar-refractivity contribution in [3.05, 3.63) is 34.3 Å². The second-order valence-electron chi connectivity index (χ2n) is 5.83. The van der Waals surface area contributed by atoms with Gasteiger partial charge in [-0.1, -0.05) is 30.7 Å². The number of likely N-dealkylation sites (tertiary alicyclic amines) is 1. The minimum Gasteiger partial charge on any atom is -0.312 e. The Hall–Kier alpha value is -0.570. The van der Waals surface area contributed by atoms with Gasteiger partial charge in [-0.3, -0.25) is 0 Å². The van der Waals surface area contributed by atoms with Crippen LogP contribution in [0.1, 0.15) is 30.9 Å². The van der Waals surface area contributed by atoms with E-state index in [4.69, 9.17) is 11.6 Å². The normalized spacial score (nSPS) is 17.8. The van der Waals surface area contributed by atoms with E-state index in [-0.39, 0.29) is 0 Å². The first-order valence-corrected chi connectivity index (χ1v) is 7.71. The molecule has 1 unspecified atom stereocenters. The van der Waals surface area contributed by atoms with Crippen LogP contribution in [0, 0.1) is 12.8 Å². The van der Waals surface area contributed by atoms with Crippen molar-refractivity contribution in [3.63, 3.8) is 0 Å². The van der Waals surface area contributed by atoms with Crippen LogP contribution in [0.4, 0.5) is 0 Å². The first kappa shape index (κ1) is 14.8. The van der Waals surface area contributed by atoms with Gasteiger partial charge in [-0.2, -0.15) is 0 Å². The Balaban J connectivity index is 1.68. The number of rotatable bonds is 6. The van der Waals surface area contributed by atoms with Crippen LogP contribution in [-0.2, 0) is 6.54 Å². The van der Waals surface area contributed by atoms with E-state index in [2.05, 4.69) is 35.3 Å². The average Bonchev–Trinajstić information content (AvgIpc) is 2.86. The second kappa shape index (κ2) is 7.28. The van der Waals surface area contributed by atoms with Gasteiger partial charge in [0.25, 0.3) is 0 Å². The Morgan fingerprint density at radius 2 is 2.05 bits per heavy atom. The molecule has 1 fully saturated rings. The molecule has 1 aliphatic rings. The topological polar surface area (TPSA) is 15.3 Å². The lowest BCUT2D eigenvalue weighted by Crippen LogP contribution is -2.31. The third kappa shape index (κ3) is 4.79. The molecule has 106 valence electrons. The Kier molecular flexibility index (Phi) is 5.68. The minimum absolute atomic E-state index is 0.707. The summed E-state index contributed by atoms with van der Waals surface area (Å²) in [5, 5.41) is 4.40. The van der Waals surface area contributed by atoms with Crippen LogP contribution < -0.4 is 5.32 Å². The van der Waals surface area contributed by atoms with E-state index >= 15 is 0 Å². The highest BCUT2D eigenvalue weighted by molar-refractivity contribution is 6.31. The number of benzene rings is 1. The lowest BCUT2D eigenvalue weighted by molar-refractivity contribution is 0.282. The van der Waals surface area contributed by atoms with Gasteiger partial charge >= 0.3 is 0 Å². The Labute approximate surface area is 122 Å². The summed E-state index contributed by atoms with van der Waals surface area (Å²) in [5.74, 6) is 0.707. The molecule has 1 heterocycles. The molecular formula is C16H25ClN2. The van der Waals surface area contributed by atoms with Crippen molar-refractivity contribution in [1.29, 1.82) is 0 Å². The second-order valence-corrected chi connectivity index (χ2v) is 6.23. The molecule has 1 aliphatic heterocycles. The van der Waals surface area contributed by atoms with Crippen molar-refractivity contribution in [2.24, 2.45) is 5.92 Å². The van der Waals surface area contributed by atoms with E-state index in [1.54, 1.807) is 0 Å². The van der Waals surface area contributed by atoms with E-state index in [1.165, 1.54) is 38.0 Å². The van der Waals surface area contributed by atoms with Crippen molar-refractivity contribution in [3.8, 4) is 0 Å². The van der Waals surface area contributed by atoms with Gasteiger partial charge in [0.05, 0.1) is 0 Å². The molecule has 1 aromatic rings. The van der Waals surface area contributed by atoms with Crippen LogP contribution >= 0.6 is 11.6 Å². The quantitative estimate of drug-likeness (QED) is 0.858. The average molecular weight is 281 g/mol. The predicted molar refractivity (Wildman–Crippen MR) is 82.7 cm³/mol. The zero-order valence-electron chi connectivity index (χ0n) is 12.1. The minimum atomic E-state index is 0.707. The standard InChI is InChI=1S/C16H25ClN2/c1-13(12-19-7-3-4-8-19)10-18-11-15-6-5-14(2)16(17)9-15/h5-6,9,13,18H,3-4,7-8,10-12H2,1-2H3. The third-order valence-corrected chi connectivity index (χ3v) is 4.23.